The van der Waals surface area contributed by atoms with Gasteiger partial charge in [0.1, 0.15) is 0 Å². The number of benzene rings is 1. The highest BCUT2D eigenvalue weighted by molar-refractivity contribution is 6.30. The third-order valence-electron chi connectivity index (χ3n) is 4.72. The third-order valence-corrected chi connectivity index (χ3v) is 4.96. The zero-order valence-corrected chi connectivity index (χ0v) is 12.9. The lowest BCUT2D eigenvalue weighted by Gasteiger charge is -2.23. The van der Waals surface area contributed by atoms with Gasteiger partial charge in [-0.05, 0) is 54.6 Å². The third kappa shape index (κ3) is 2.53. The molecule has 1 aromatic heterocycles. The van der Waals surface area contributed by atoms with Crippen LogP contribution in [0.2, 0.25) is 5.02 Å². The first kappa shape index (κ1) is 13.9. The van der Waals surface area contributed by atoms with E-state index >= 15 is 0 Å². The number of fused-ring (bicyclic) bond motifs is 2. The fraction of sp³-hybridized carbons (Fsp3) is 0.353. The van der Waals surface area contributed by atoms with Gasteiger partial charge >= 0.3 is 6.03 Å². The summed E-state index contributed by atoms with van der Waals surface area (Å²) in [5, 5.41) is 7.30. The molecule has 1 aliphatic carbocycles. The quantitative estimate of drug-likeness (QED) is 0.894. The minimum absolute atomic E-state index is 0.0624. The number of carbonyl (C=O) groups excluding carboxylic acids is 1. The Kier molecular flexibility index (Phi) is 3.43. The molecule has 2 aliphatic rings. The summed E-state index contributed by atoms with van der Waals surface area (Å²) in [6.45, 7) is 1.10. The molecule has 3 unspecified atom stereocenters. The molecule has 2 fully saturated rings. The number of hydrogen-bond acceptors (Lipinski definition) is 2. The number of hydrogen-bond donors (Lipinski definition) is 2. The molecule has 2 heterocycles. The second kappa shape index (κ2) is 5.45. The van der Waals surface area contributed by atoms with Gasteiger partial charge in [0.05, 0.1) is 0 Å². The predicted molar refractivity (Wildman–Crippen MR) is 87.1 cm³/mol. The lowest BCUT2D eigenvalue weighted by Crippen LogP contribution is -2.48. The Morgan fingerprint density at radius 1 is 1.27 bits per heavy atom. The molecule has 22 heavy (non-hydrogen) atoms. The molecule has 2 bridgehead atoms. The smallest absolute Gasteiger partial charge is 0.325 e. The molecule has 4 nitrogen and oxygen atoms in total. The molecule has 0 radical (unpaired) electrons. The SMILES string of the molecule is O=C(NC1CC2CNC1C2)n1ccc(-c2cccc(Cl)c2)c1. The van der Waals surface area contributed by atoms with Crippen LogP contribution in [0.1, 0.15) is 12.8 Å². The van der Waals surface area contributed by atoms with Crippen molar-refractivity contribution in [1.82, 2.24) is 15.2 Å². The average molecular weight is 316 g/mol. The molecule has 1 aromatic carbocycles. The lowest BCUT2D eigenvalue weighted by atomic mass is 10.1. The van der Waals surface area contributed by atoms with Crippen LogP contribution in [0.3, 0.4) is 0 Å². The fourth-order valence-corrected chi connectivity index (χ4v) is 3.80. The van der Waals surface area contributed by atoms with Crippen molar-refractivity contribution >= 4 is 17.6 Å². The van der Waals surface area contributed by atoms with E-state index in [1.807, 2.05) is 36.5 Å². The van der Waals surface area contributed by atoms with E-state index in [1.165, 1.54) is 6.42 Å². The van der Waals surface area contributed by atoms with Crippen LogP contribution in [0, 0.1) is 5.92 Å². The highest BCUT2D eigenvalue weighted by Gasteiger charge is 2.40. The molecule has 0 spiro atoms. The van der Waals surface area contributed by atoms with Gasteiger partial charge in [-0.25, -0.2) is 4.79 Å². The standard InChI is InChI=1S/C17H18ClN3O/c18-14-3-1-2-12(8-14)13-4-5-21(10-13)17(22)20-16-7-11-6-15(16)19-9-11/h1-5,8,10-11,15-16,19H,6-7,9H2,(H,20,22). The van der Waals surface area contributed by atoms with Crippen LogP contribution in [0.25, 0.3) is 11.1 Å². The topological polar surface area (TPSA) is 46.1 Å². The Morgan fingerprint density at radius 3 is 2.91 bits per heavy atom. The van der Waals surface area contributed by atoms with Gasteiger partial charge < -0.3 is 10.6 Å². The van der Waals surface area contributed by atoms with Crippen molar-refractivity contribution in [3.8, 4) is 11.1 Å². The van der Waals surface area contributed by atoms with Crippen LogP contribution in [-0.4, -0.2) is 29.2 Å². The van der Waals surface area contributed by atoms with E-state index in [9.17, 15) is 4.79 Å². The maximum atomic E-state index is 12.4. The molecule has 2 N–H and O–H groups in total. The number of amides is 1. The molecule has 114 valence electrons. The Bertz CT molecular complexity index is 711. The van der Waals surface area contributed by atoms with Crippen molar-refractivity contribution in [2.45, 2.75) is 24.9 Å². The summed E-state index contributed by atoms with van der Waals surface area (Å²) < 4.78 is 1.61. The van der Waals surface area contributed by atoms with Crippen molar-refractivity contribution in [3.63, 3.8) is 0 Å². The Balaban J connectivity index is 1.48. The molecular weight excluding hydrogens is 298 g/mol. The molecular formula is C17H18ClN3O. The molecule has 1 saturated heterocycles. The van der Waals surface area contributed by atoms with Gasteiger partial charge in [0, 0.05) is 29.5 Å². The van der Waals surface area contributed by atoms with E-state index in [4.69, 9.17) is 11.6 Å². The Morgan fingerprint density at radius 2 is 2.18 bits per heavy atom. The van der Waals surface area contributed by atoms with Gasteiger partial charge in [0.2, 0.25) is 0 Å². The molecule has 5 heteroatoms. The zero-order valence-electron chi connectivity index (χ0n) is 12.1. The van der Waals surface area contributed by atoms with Crippen molar-refractivity contribution in [3.05, 3.63) is 47.7 Å². The van der Waals surface area contributed by atoms with Crippen LogP contribution in [0.15, 0.2) is 42.7 Å². The van der Waals surface area contributed by atoms with E-state index in [1.54, 1.807) is 10.8 Å². The van der Waals surface area contributed by atoms with Gasteiger partial charge in [-0.3, -0.25) is 4.57 Å². The second-order valence-electron chi connectivity index (χ2n) is 6.23. The summed E-state index contributed by atoms with van der Waals surface area (Å²) in [6, 6.07) is 10.2. The van der Waals surface area contributed by atoms with Gasteiger partial charge in [0.25, 0.3) is 0 Å². The van der Waals surface area contributed by atoms with E-state index in [-0.39, 0.29) is 12.1 Å². The van der Waals surface area contributed by atoms with Crippen LogP contribution >= 0.6 is 11.6 Å². The highest BCUT2D eigenvalue weighted by atomic mass is 35.5. The van der Waals surface area contributed by atoms with Crippen LogP contribution in [0.5, 0.6) is 0 Å². The summed E-state index contributed by atoms with van der Waals surface area (Å²) in [4.78, 5) is 12.4. The first-order valence-electron chi connectivity index (χ1n) is 7.67. The summed E-state index contributed by atoms with van der Waals surface area (Å²) in [5.74, 6) is 0.724. The van der Waals surface area contributed by atoms with Gasteiger partial charge in [0.15, 0.2) is 0 Å². The number of aromatic nitrogens is 1. The zero-order chi connectivity index (χ0) is 15.1. The van der Waals surface area contributed by atoms with Crippen LogP contribution in [0.4, 0.5) is 4.79 Å². The first-order chi connectivity index (χ1) is 10.7. The fourth-order valence-electron chi connectivity index (χ4n) is 3.61. The van der Waals surface area contributed by atoms with Gasteiger partial charge in [-0.1, -0.05) is 23.7 Å². The molecule has 1 aliphatic heterocycles. The second-order valence-corrected chi connectivity index (χ2v) is 6.66. The van der Waals surface area contributed by atoms with E-state index < -0.39 is 0 Å². The largest absolute Gasteiger partial charge is 0.333 e. The minimum atomic E-state index is -0.0624. The normalized spacial score (nSPS) is 26.3. The van der Waals surface area contributed by atoms with Crippen molar-refractivity contribution in [2.75, 3.05) is 6.54 Å². The number of nitrogens with zero attached hydrogens (tertiary/aromatic N) is 1. The van der Waals surface area contributed by atoms with Gasteiger partial charge in [-0.15, -0.1) is 0 Å². The van der Waals surface area contributed by atoms with Crippen LogP contribution < -0.4 is 10.6 Å². The molecule has 1 saturated carbocycles. The summed E-state index contributed by atoms with van der Waals surface area (Å²) in [7, 11) is 0. The predicted octanol–water partition coefficient (Wildman–Crippen LogP) is 3.12. The van der Waals surface area contributed by atoms with Gasteiger partial charge in [-0.2, -0.15) is 0 Å². The summed E-state index contributed by atoms with van der Waals surface area (Å²) in [5.41, 5.74) is 2.00. The average Bonchev–Trinajstić information content (AvgIpc) is 3.23. The highest BCUT2D eigenvalue weighted by Crippen LogP contribution is 2.31. The number of carbonyl (C=O) groups is 1. The van der Waals surface area contributed by atoms with E-state index in [0.717, 1.165) is 30.0 Å². The monoisotopic (exact) mass is 315 g/mol. The number of nitrogens with one attached hydrogen (secondary N) is 2. The van der Waals surface area contributed by atoms with Crippen molar-refractivity contribution in [1.29, 1.82) is 0 Å². The first-order valence-corrected chi connectivity index (χ1v) is 8.05. The van der Waals surface area contributed by atoms with E-state index in [2.05, 4.69) is 10.6 Å². The summed E-state index contributed by atoms with van der Waals surface area (Å²) >= 11 is 6.02. The Labute approximate surface area is 134 Å². The maximum Gasteiger partial charge on any atom is 0.325 e. The number of halogens is 1. The van der Waals surface area contributed by atoms with Crippen molar-refractivity contribution in [2.24, 2.45) is 5.92 Å². The number of piperidine rings is 1. The van der Waals surface area contributed by atoms with E-state index in [0.29, 0.717) is 11.1 Å². The number of rotatable bonds is 2. The Hall–Kier alpha value is -1.78. The molecule has 4 rings (SSSR count). The molecule has 2 aromatic rings. The van der Waals surface area contributed by atoms with Crippen LogP contribution in [-0.2, 0) is 0 Å². The molecule has 1 amide bonds. The van der Waals surface area contributed by atoms with Crippen molar-refractivity contribution < 1.29 is 4.79 Å². The maximum absolute atomic E-state index is 12.4. The lowest BCUT2D eigenvalue weighted by molar-refractivity contribution is 0.234. The summed E-state index contributed by atoms with van der Waals surface area (Å²) in [6.07, 6.45) is 5.92. The minimum Gasteiger partial charge on any atom is -0.333 e. The molecule has 3 atom stereocenters.